The number of rotatable bonds is 3. The fraction of sp³-hybridized carbons (Fsp3) is 0.500. The van der Waals surface area contributed by atoms with Crippen LogP contribution in [0.4, 0.5) is 0 Å². The minimum absolute atomic E-state index is 0.161. The number of fused-ring (bicyclic) bond motifs is 1. The van der Waals surface area contributed by atoms with Crippen LogP contribution < -0.4 is 0 Å². The number of hydrogen-bond donors (Lipinski definition) is 0. The Morgan fingerprint density at radius 1 is 1.38 bits per heavy atom. The lowest BCUT2D eigenvalue weighted by atomic mass is 10.1. The molecule has 16 heavy (non-hydrogen) atoms. The second kappa shape index (κ2) is 4.18. The van der Waals surface area contributed by atoms with Crippen molar-refractivity contribution in [3.05, 3.63) is 29.3 Å². The Morgan fingerprint density at radius 3 is 2.81 bits per heavy atom. The zero-order valence-electron chi connectivity index (χ0n) is 9.56. The quantitative estimate of drug-likeness (QED) is 0.811. The largest absolute Gasteiger partial charge is 0.374 e. The molecule has 0 bridgehead atoms. The first-order valence-corrected chi connectivity index (χ1v) is 7.11. The Bertz CT molecular complexity index is 489. The van der Waals surface area contributed by atoms with E-state index in [1.807, 2.05) is 19.9 Å². The minimum Gasteiger partial charge on any atom is -0.374 e. The van der Waals surface area contributed by atoms with Crippen molar-refractivity contribution in [1.82, 2.24) is 0 Å². The van der Waals surface area contributed by atoms with E-state index in [0.29, 0.717) is 17.9 Å². The second-order valence-electron chi connectivity index (χ2n) is 4.32. The van der Waals surface area contributed by atoms with Crippen molar-refractivity contribution in [3.8, 4) is 0 Å². The second-order valence-corrected chi connectivity index (χ2v) is 6.40. The molecule has 4 heteroatoms. The number of hydrogen-bond acceptors (Lipinski definition) is 3. The van der Waals surface area contributed by atoms with Gasteiger partial charge in [0.25, 0.3) is 0 Å². The van der Waals surface area contributed by atoms with E-state index >= 15 is 0 Å². The molecule has 2 rings (SSSR count). The summed E-state index contributed by atoms with van der Waals surface area (Å²) in [7, 11) is -3.02. The van der Waals surface area contributed by atoms with Crippen LogP contribution in [0.2, 0.25) is 0 Å². The van der Waals surface area contributed by atoms with Crippen LogP contribution in [0.3, 0.4) is 0 Å². The van der Waals surface area contributed by atoms with E-state index < -0.39 is 9.84 Å². The van der Waals surface area contributed by atoms with Gasteiger partial charge in [-0.25, -0.2) is 8.42 Å². The van der Waals surface area contributed by atoms with Crippen molar-refractivity contribution in [1.29, 1.82) is 0 Å². The minimum atomic E-state index is -3.02. The van der Waals surface area contributed by atoms with Crippen LogP contribution in [-0.2, 0) is 27.6 Å². The molecule has 0 saturated heterocycles. The molecule has 88 valence electrons. The van der Waals surface area contributed by atoms with Crippen LogP contribution in [0.1, 0.15) is 25.0 Å². The molecule has 0 aromatic heterocycles. The summed E-state index contributed by atoms with van der Waals surface area (Å²) in [5, 5.41) is 0. The van der Waals surface area contributed by atoms with Crippen molar-refractivity contribution < 1.29 is 13.2 Å². The molecule has 0 saturated carbocycles. The predicted octanol–water partition coefficient (Wildman–Crippen LogP) is 1.94. The van der Waals surface area contributed by atoms with E-state index in [-0.39, 0.29) is 11.9 Å². The highest BCUT2D eigenvalue weighted by molar-refractivity contribution is 7.91. The van der Waals surface area contributed by atoms with Gasteiger partial charge >= 0.3 is 0 Å². The third kappa shape index (κ3) is 2.13. The summed E-state index contributed by atoms with van der Waals surface area (Å²) in [6.45, 7) is 4.44. The van der Waals surface area contributed by atoms with Gasteiger partial charge in [-0.15, -0.1) is 0 Å². The van der Waals surface area contributed by atoms with Gasteiger partial charge in [0.15, 0.2) is 9.84 Å². The smallest absolute Gasteiger partial charge is 0.178 e. The topological polar surface area (TPSA) is 43.4 Å². The zero-order valence-corrected chi connectivity index (χ0v) is 10.4. The van der Waals surface area contributed by atoms with Crippen LogP contribution in [-0.4, -0.2) is 20.3 Å². The molecule has 0 amide bonds. The molecule has 1 aliphatic rings. The Kier molecular flexibility index (Phi) is 3.04. The maximum atomic E-state index is 11.7. The lowest BCUT2D eigenvalue weighted by Crippen LogP contribution is -2.04. The van der Waals surface area contributed by atoms with Crippen molar-refractivity contribution in [2.24, 2.45) is 0 Å². The van der Waals surface area contributed by atoms with Crippen molar-refractivity contribution in [2.45, 2.75) is 37.9 Å². The molecule has 1 aromatic carbocycles. The van der Waals surface area contributed by atoms with Gasteiger partial charge in [0.2, 0.25) is 0 Å². The molecule has 0 spiro atoms. The average molecular weight is 240 g/mol. The summed E-state index contributed by atoms with van der Waals surface area (Å²) in [5.74, 6) is 0.237. The molecule has 3 nitrogen and oxygen atoms in total. The maximum absolute atomic E-state index is 11.7. The number of sulfone groups is 1. The molecular weight excluding hydrogens is 224 g/mol. The first-order valence-electron chi connectivity index (χ1n) is 5.46. The molecule has 0 atom stereocenters. The number of benzene rings is 1. The molecule has 1 heterocycles. The first kappa shape index (κ1) is 11.6. The SMILES string of the molecule is CC(C)OCc1cccc2c1CCS2(=O)=O. The summed E-state index contributed by atoms with van der Waals surface area (Å²) in [5.41, 5.74) is 1.95. The van der Waals surface area contributed by atoms with E-state index in [4.69, 9.17) is 4.74 Å². The van der Waals surface area contributed by atoms with Crippen LogP contribution in [0.25, 0.3) is 0 Å². The van der Waals surface area contributed by atoms with Gasteiger partial charge < -0.3 is 4.74 Å². The summed E-state index contributed by atoms with van der Waals surface area (Å²) >= 11 is 0. The van der Waals surface area contributed by atoms with E-state index in [0.717, 1.165) is 11.1 Å². The zero-order chi connectivity index (χ0) is 11.8. The molecule has 0 aliphatic carbocycles. The highest BCUT2D eigenvalue weighted by Gasteiger charge is 2.27. The average Bonchev–Trinajstić information content (AvgIpc) is 2.53. The van der Waals surface area contributed by atoms with E-state index in [1.54, 1.807) is 12.1 Å². The van der Waals surface area contributed by atoms with E-state index in [9.17, 15) is 8.42 Å². The predicted molar refractivity (Wildman–Crippen MR) is 62.1 cm³/mol. The van der Waals surface area contributed by atoms with Crippen LogP contribution in [0, 0.1) is 0 Å². The Balaban J connectivity index is 2.33. The molecule has 0 radical (unpaired) electrons. The Labute approximate surface area is 96.4 Å². The summed E-state index contributed by atoms with van der Waals surface area (Å²) in [6.07, 6.45) is 0.781. The van der Waals surface area contributed by atoms with Crippen LogP contribution >= 0.6 is 0 Å². The third-order valence-electron chi connectivity index (χ3n) is 2.76. The molecular formula is C12H16O3S. The van der Waals surface area contributed by atoms with Gasteiger partial charge in [-0.3, -0.25) is 0 Å². The monoisotopic (exact) mass is 240 g/mol. The lowest BCUT2D eigenvalue weighted by molar-refractivity contribution is 0.0652. The Hall–Kier alpha value is -0.870. The van der Waals surface area contributed by atoms with Crippen molar-refractivity contribution in [3.63, 3.8) is 0 Å². The highest BCUT2D eigenvalue weighted by Crippen LogP contribution is 2.29. The Morgan fingerprint density at radius 2 is 2.12 bits per heavy atom. The molecule has 1 aliphatic heterocycles. The first-order chi connectivity index (χ1) is 7.50. The summed E-state index contributed by atoms with van der Waals surface area (Å²) < 4.78 is 28.9. The van der Waals surface area contributed by atoms with Crippen LogP contribution in [0.15, 0.2) is 23.1 Å². The highest BCUT2D eigenvalue weighted by atomic mass is 32.2. The van der Waals surface area contributed by atoms with Crippen molar-refractivity contribution >= 4 is 9.84 Å². The van der Waals surface area contributed by atoms with Gasteiger partial charge in [-0.1, -0.05) is 12.1 Å². The standard InChI is InChI=1S/C12H16O3S/c1-9(2)15-8-10-4-3-5-12-11(10)6-7-16(12,13)14/h3-5,9H,6-8H2,1-2H3. The molecule has 1 aromatic rings. The van der Waals surface area contributed by atoms with E-state index in [2.05, 4.69) is 0 Å². The molecule has 0 unspecified atom stereocenters. The van der Waals surface area contributed by atoms with Gasteiger partial charge in [0, 0.05) is 0 Å². The summed E-state index contributed by atoms with van der Waals surface area (Å²) in [4.78, 5) is 0.498. The van der Waals surface area contributed by atoms with Gasteiger partial charge in [0.1, 0.15) is 0 Å². The lowest BCUT2D eigenvalue weighted by Gasteiger charge is -2.10. The molecule has 0 N–H and O–H groups in total. The maximum Gasteiger partial charge on any atom is 0.178 e. The third-order valence-corrected chi connectivity index (χ3v) is 4.55. The normalized spacial score (nSPS) is 17.7. The van der Waals surface area contributed by atoms with E-state index in [1.165, 1.54) is 0 Å². The van der Waals surface area contributed by atoms with Gasteiger partial charge in [-0.2, -0.15) is 0 Å². The van der Waals surface area contributed by atoms with Gasteiger partial charge in [-0.05, 0) is 37.5 Å². The van der Waals surface area contributed by atoms with Crippen molar-refractivity contribution in [2.75, 3.05) is 5.75 Å². The van der Waals surface area contributed by atoms with Gasteiger partial charge in [0.05, 0.1) is 23.4 Å². The molecule has 0 fully saturated rings. The van der Waals surface area contributed by atoms with Crippen LogP contribution in [0.5, 0.6) is 0 Å². The summed E-state index contributed by atoms with van der Waals surface area (Å²) in [6, 6.07) is 5.43. The fourth-order valence-corrected chi connectivity index (χ4v) is 3.51. The number of ether oxygens (including phenoxy) is 1. The fourth-order valence-electron chi connectivity index (χ4n) is 1.92.